The van der Waals surface area contributed by atoms with E-state index in [-0.39, 0.29) is 23.4 Å². The summed E-state index contributed by atoms with van der Waals surface area (Å²) in [5.74, 6) is -0.329. The second kappa shape index (κ2) is 5.49. The fourth-order valence-electron chi connectivity index (χ4n) is 4.19. The highest BCUT2D eigenvalue weighted by atomic mass is 16.7. The van der Waals surface area contributed by atoms with Crippen LogP contribution in [0.15, 0.2) is 11.6 Å². The van der Waals surface area contributed by atoms with E-state index in [1.807, 2.05) is 13.8 Å². The molecule has 4 nitrogen and oxygen atoms in total. The second-order valence-electron chi connectivity index (χ2n) is 7.21. The molecule has 1 unspecified atom stereocenters. The van der Waals surface area contributed by atoms with Gasteiger partial charge in [0.2, 0.25) is 0 Å². The molecule has 3 aliphatic rings. The van der Waals surface area contributed by atoms with Crippen molar-refractivity contribution in [2.75, 3.05) is 6.61 Å². The molecule has 3 rings (SSSR count). The highest BCUT2D eigenvalue weighted by molar-refractivity contribution is 5.91. The summed E-state index contributed by atoms with van der Waals surface area (Å²) < 4.78 is 11.6. The third-order valence-corrected chi connectivity index (χ3v) is 5.26. The van der Waals surface area contributed by atoms with E-state index in [9.17, 15) is 9.90 Å². The lowest BCUT2D eigenvalue weighted by Gasteiger charge is -2.42. The lowest BCUT2D eigenvalue weighted by atomic mass is 9.64. The summed E-state index contributed by atoms with van der Waals surface area (Å²) in [7, 11) is 0. The SMILES string of the molecule is CC1(C)OC[C@H](C[C@@]23CCC(=O)C=C2CCCCC3O)O1. The molecule has 0 aromatic heterocycles. The molecule has 0 spiro atoms. The summed E-state index contributed by atoms with van der Waals surface area (Å²) in [5, 5.41) is 10.8. The summed E-state index contributed by atoms with van der Waals surface area (Å²) in [6.45, 7) is 4.42. The van der Waals surface area contributed by atoms with Gasteiger partial charge in [0, 0.05) is 11.8 Å². The molecule has 118 valence electrons. The summed E-state index contributed by atoms with van der Waals surface area (Å²) in [6.07, 6.45) is 7.33. The van der Waals surface area contributed by atoms with Gasteiger partial charge >= 0.3 is 0 Å². The number of carbonyl (C=O) groups excluding carboxylic acids is 1. The minimum Gasteiger partial charge on any atom is -0.392 e. The summed E-state index contributed by atoms with van der Waals surface area (Å²) in [5.41, 5.74) is 0.871. The average molecular weight is 294 g/mol. The highest BCUT2D eigenvalue weighted by Gasteiger charge is 2.48. The van der Waals surface area contributed by atoms with E-state index in [0.29, 0.717) is 13.0 Å². The summed E-state index contributed by atoms with van der Waals surface area (Å²) in [4.78, 5) is 11.8. The Morgan fingerprint density at radius 2 is 2.14 bits per heavy atom. The first-order valence-electron chi connectivity index (χ1n) is 8.15. The molecule has 3 atom stereocenters. The Hall–Kier alpha value is -0.710. The van der Waals surface area contributed by atoms with Crippen molar-refractivity contribution in [2.45, 2.75) is 76.8 Å². The van der Waals surface area contributed by atoms with Gasteiger partial charge in [-0.05, 0) is 52.0 Å². The van der Waals surface area contributed by atoms with Crippen molar-refractivity contribution < 1.29 is 19.4 Å². The van der Waals surface area contributed by atoms with Crippen LogP contribution in [0.1, 0.15) is 58.8 Å². The van der Waals surface area contributed by atoms with Crippen molar-refractivity contribution in [3.8, 4) is 0 Å². The Labute approximate surface area is 126 Å². The van der Waals surface area contributed by atoms with Crippen LogP contribution in [0, 0.1) is 5.41 Å². The molecule has 0 aromatic rings. The number of ether oxygens (including phenoxy) is 2. The molecule has 0 bridgehead atoms. The predicted molar refractivity (Wildman–Crippen MR) is 78.8 cm³/mol. The van der Waals surface area contributed by atoms with Crippen molar-refractivity contribution in [1.29, 1.82) is 0 Å². The van der Waals surface area contributed by atoms with Gasteiger partial charge in [-0.25, -0.2) is 0 Å². The van der Waals surface area contributed by atoms with Crippen molar-refractivity contribution >= 4 is 5.78 Å². The largest absolute Gasteiger partial charge is 0.392 e. The lowest BCUT2D eigenvalue weighted by Crippen LogP contribution is -2.42. The van der Waals surface area contributed by atoms with Gasteiger partial charge in [0.25, 0.3) is 0 Å². The molecule has 4 heteroatoms. The van der Waals surface area contributed by atoms with Gasteiger partial charge in [-0.1, -0.05) is 12.0 Å². The molecule has 21 heavy (non-hydrogen) atoms. The highest BCUT2D eigenvalue weighted by Crippen LogP contribution is 2.50. The van der Waals surface area contributed by atoms with Crippen LogP contribution < -0.4 is 0 Å². The Balaban J connectivity index is 1.86. The van der Waals surface area contributed by atoms with Crippen LogP contribution in [-0.4, -0.2) is 35.5 Å². The number of carbonyl (C=O) groups is 1. The zero-order chi connectivity index (χ0) is 15.1. The molecule has 0 amide bonds. The fourth-order valence-corrected chi connectivity index (χ4v) is 4.19. The van der Waals surface area contributed by atoms with E-state index in [1.165, 1.54) is 0 Å². The van der Waals surface area contributed by atoms with Gasteiger partial charge in [-0.3, -0.25) is 4.79 Å². The van der Waals surface area contributed by atoms with Gasteiger partial charge in [0.1, 0.15) is 0 Å². The monoisotopic (exact) mass is 294 g/mol. The fraction of sp³-hybridized carbons (Fsp3) is 0.824. The second-order valence-corrected chi connectivity index (χ2v) is 7.21. The number of allylic oxidation sites excluding steroid dienone is 1. The normalized spacial score (nSPS) is 39.6. The topological polar surface area (TPSA) is 55.8 Å². The molecular formula is C17H26O4. The van der Waals surface area contributed by atoms with Gasteiger partial charge < -0.3 is 14.6 Å². The van der Waals surface area contributed by atoms with Crippen LogP contribution in [-0.2, 0) is 14.3 Å². The number of ketones is 1. The van der Waals surface area contributed by atoms with Crippen LogP contribution in [0.4, 0.5) is 0 Å². The Morgan fingerprint density at radius 3 is 2.86 bits per heavy atom. The van der Waals surface area contributed by atoms with Crippen molar-refractivity contribution in [1.82, 2.24) is 0 Å². The van der Waals surface area contributed by atoms with Crippen molar-refractivity contribution in [3.63, 3.8) is 0 Å². The number of fused-ring (bicyclic) bond motifs is 1. The maximum atomic E-state index is 11.8. The molecule has 1 saturated heterocycles. The van der Waals surface area contributed by atoms with Crippen molar-refractivity contribution in [3.05, 3.63) is 11.6 Å². The molecular weight excluding hydrogens is 268 g/mol. The number of rotatable bonds is 2. The zero-order valence-electron chi connectivity index (χ0n) is 13.1. The molecule has 1 saturated carbocycles. The van der Waals surface area contributed by atoms with E-state index < -0.39 is 5.79 Å². The predicted octanol–water partition coefficient (Wildman–Crippen LogP) is 2.74. The molecule has 1 N–H and O–H groups in total. The van der Waals surface area contributed by atoms with E-state index in [1.54, 1.807) is 6.08 Å². The quantitative estimate of drug-likeness (QED) is 0.851. The van der Waals surface area contributed by atoms with Gasteiger partial charge in [-0.2, -0.15) is 0 Å². The minimum atomic E-state index is -0.536. The first kappa shape index (κ1) is 15.2. The standard InChI is InChI=1S/C17H26O4/c1-16(2)20-11-14(21-16)10-17-8-7-13(18)9-12(17)5-3-4-6-15(17)19/h9,14-15,19H,3-8,10-11H2,1-2H3/t14-,15?,17-/m0/s1. The lowest BCUT2D eigenvalue weighted by molar-refractivity contribution is -0.144. The molecule has 0 radical (unpaired) electrons. The number of aliphatic hydroxyl groups excluding tert-OH is 1. The third kappa shape index (κ3) is 2.94. The number of hydrogen-bond donors (Lipinski definition) is 1. The van der Waals surface area contributed by atoms with E-state index in [2.05, 4.69) is 0 Å². The van der Waals surface area contributed by atoms with Crippen LogP contribution in [0.2, 0.25) is 0 Å². The van der Waals surface area contributed by atoms with E-state index >= 15 is 0 Å². The van der Waals surface area contributed by atoms with E-state index in [0.717, 1.165) is 44.1 Å². The van der Waals surface area contributed by atoms with Gasteiger partial charge in [0.15, 0.2) is 11.6 Å². The Bertz CT molecular complexity index is 454. The van der Waals surface area contributed by atoms with Crippen molar-refractivity contribution in [2.24, 2.45) is 5.41 Å². The van der Waals surface area contributed by atoms with Crippen LogP contribution in [0.3, 0.4) is 0 Å². The third-order valence-electron chi connectivity index (χ3n) is 5.26. The average Bonchev–Trinajstić information content (AvgIpc) is 2.67. The Kier molecular flexibility index (Phi) is 3.97. The maximum Gasteiger partial charge on any atom is 0.163 e. The maximum absolute atomic E-state index is 11.8. The molecule has 2 aliphatic carbocycles. The molecule has 2 fully saturated rings. The summed E-state index contributed by atoms with van der Waals surface area (Å²) in [6, 6.07) is 0. The van der Waals surface area contributed by atoms with E-state index in [4.69, 9.17) is 9.47 Å². The van der Waals surface area contributed by atoms with Crippen LogP contribution >= 0.6 is 0 Å². The minimum absolute atomic E-state index is 0.00403. The van der Waals surface area contributed by atoms with Crippen LogP contribution in [0.5, 0.6) is 0 Å². The Morgan fingerprint density at radius 1 is 1.33 bits per heavy atom. The number of hydrogen-bond acceptors (Lipinski definition) is 4. The summed E-state index contributed by atoms with van der Waals surface area (Å²) >= 11 is 0. The molecule has 1 aliphatic heterocycles. The number of aliphatic hydroxyl groups is 1. The van der Waals surface area contributed by atoms with Gasteiger partial charge in [0.05, 0.1) is 18.8 Å². The van der Waals surface area contributed by atoms with Crippen LogP contribution in [0.25, 0.3) is 0 Å². The molecule has 0 aromatic carbocycles. The first-order valence-corrected chi connectivity index (χ1v) is 8.15. The zero-order valence-corrected chi connectivity index (χ0v) is 13.1. The first-order chi connectivity index (χ1) is 9.91. The molecule has 1 heterocycles. The smallest absolute Gasteiger partial charge is 0.163 e. The van der Waals surface area contributed by atoms with Gasteiger partial charge in [-0.15, -0.1) is 0 Å².